The molecule has 19 heavy (non-hydrogen) atoms. The minimum Gasteiger partial charge on any atom is -0.478 e. The van der Waals surface area contributed by atoms with Crippen LogP contribution in [0.15, 0.2) is 18.2 Å². The third-order valence-electron chi connectivity index (χ3n) is 2.77. The van der Waals surface area contributed by atoms with Crippen molar-refractivity contribution in [3.63, 3.8) is 0 Å². The molecule has 0 unspecified atom stereocenters. The number of aryl methyl sites for hydroxylation is 1. The molecule has 0 radical (unpaired) electrons. The summed E-state index contributed by atoms with van der Waals surface area (Å²) >= 11 is 0. The lowest BCUT2D eigenvalue weighted by atomic mass is 10.1. The van der Waals surface area contributed by atoms with Crippen LogP contribution in [0.5, 0.6) is 0 Å². The number of benzene rings is 1. The molecule has 2 N–H and O–H groups in total. The highest BCUT2D eigenvalue weighted by molar-refractivity contribution is 7.90. The second kappa shape index (κ2) is 6.03. The van der Waals surface area contributed by atoms with Gasteiger partial charge in [-0.1, -0.05) is 26.0 Å². The van der Waals surface area contributed by atoms with Gasteiger partial charge in [0.25, 0.3) is 0 Å². The highest BCUT2D eigenvalue weighted by Gasteiger charge is 2.22. The van der Waals surface area contributed by atoms with Crippen LogP contribution < -0.4 is 4.72 Å². The van der Waals surface area contributed by atoms with Crippen molar-refractivity contribution in [1.29, 1.82) is 0 Å². The van der Waals surface area contributed by atoms with Gasteiger partial charge in [0.1, 0.15) is 0 Å². The number of hydrogen-bond donors (Lipinski definition) is 2. The average Bonchev–Trinajstić information content (AvgIpc) is 2.28. The van der Waals surface area contributed by atoms with Gasteiger partial charge in [0.2, 0.25) is 0 Å². The Balaban J connectivity index is 3.20. The number of carboxylic acid groups (broad SMARTS) is 1. The molecule has 0 fully saturated rings. The van der Waals surface area contributed by atoms with Crippen LogP contribution in [-0.2, 0) is 10.2 Å². The maximum atomic E-state index is 12.1. The van der Waals surface area contributed by atoms with Crippen LogP contribution in [0.25, 0.3) is 0 Å². The van der Waals surface area contributed by atoms with Gasteiger partial charge in [-0.15, -0.1) is 0 Å². The topological polar surface area (TPSA) is 86.7 Å². The van der Waals surface area contributed by atoms with Crippen molar-refractivity contribution in [3.8, 4) is 0 Å². The molecule has 7 heteroatoms. The first-order chi connectivity index (χ1) is 8.83. The molecular formula is C12H18N2O4S. The molecule has 0 aliphatic heterocycles. The molecule has 0 aromatic heterocycles. The van der Waals surface area contributed by atoms with Crippen molar-refractivity contribution in [2.24, 2.45) is 0 Å². The Morgan fingerprint density at radius 2 is 1.89 bits per heavy atom. The summed E-state index contributed by atoms with van der Waals surface area (Å²) in [6.45, 7) is 5.70. The predicted molar refractivity (Wildman–Crippen MR) is 73.6 cm³/mol. The maximum Gasteiger partial charge on any atom is 0.338 e. The molecule has 1 rings (SSSR count). The average molecular weight is 286 g/mol. The third-order valence-corrected chi connectivity index (χ3v) is 4.45. The van der Waals surface area contributed by atoms with E-state index in [1.54, 1.807) is 32.9 Å². The number of nitrogens with zero attached hydrogens (tertiary/aromatic N) is 1. The molecule has 0 atom stereocenters. The van der Waals surface area contributed by atoms with Crippen LogP contribution in [0.4, 0.5) is 5.69 Å². The summed E-state index contributed by atoms with van der Waals surface area (Å²) in [7, 11) is -3.73. The fourth-order valence-corrected chi connectivity index (χ4v) is 3.06. The second-order valence-corrected chi connectivity index (χ2v) is 5.66. The van der Waals surface area contributed by atoms with Crippen molar-refractivity contribution >= 4 is 21.9 Å². The monoisotopic (exact) mass is 286 g/mol. The van der Waals surface area contributed by atoms with Crippen molar-refractivity contribution in [1.82, 2.24) is 4.31 Å². The molecule has 106 valence electrons. The quantitative estimate of drug-likeness (QED) is 0.833. The molecule has 0 saturated heterocycles. The number of carboxylic acids is 1. The minimum atomic E-state index is -3.73. The third kappa shape index (κ3) is 3.45. The SMILES string of the molecule is CCN(CC)S(=O)(=O)Nc1cccc(C)c1C(=O)O. The molecule has 0 amide bonds. The zero-order chi connectivity index (χ0) is 14.6. The van der Waals surface area contributed by atoms with Crippen molar-refractivity contribution in [2.75, 3.05) is 17.8 Å². The van der Waals surface area contributed by atoms with E-state index in [0.717, 1.165) is 0 Å². The molecule has 0 bridgehead atoms. The van der Waals surface area contributed by atoms with Gasteiger partial charge in [-0.25, -0.2) is 4.79 Å². The number of hydrogen-bond acceptors (Lipinski definition) is 3. The van der Waals surface area contributed by atoms with Crippen molar-refractivity contribution in [3.05, 3.63) is 29.3 Å². The first-order valence-corrected chi connectivity index (χ1v) is 7.38. The zero-order valence-corrected chi connectivity index (χ0v) is 12.0. The molecule has 0 heterocycles. The van der Waals surface area contributed by atoms with Crippen LogP contribution in [0.1, 0.15) is 29.8 Å². The van der Waals surface area contributed by atoms with E-state index >= 15 is 0 Å². The maximum absolute atomic E-state index is 12.1. The van der Waals surface area contributed by atoms with Crippen LogP contribution in [0.2, 0.25) is 0 Å². The Morgan fingerprint density at radius 1 is 1.32 bits per heavy atom. The van der Waals surface area contributed by atoms with E-state index in [-0.39, 0.29) is 11.3 Å². The molecule has 1 aromatic carbocycles. The van der Waals surface area contributed by atoms with Crippen LogP contribution in [0.3, 0.4) is 0 Å². The number of rotatable bonds is 6. The lowest BCUT2D eigenvalue weighted by molar-refractivity contribution is 0.0697. The fraction of sp³-hybridized carbons (Fsp3) is 0.417. The van der Waals surface area contributed by atoms with E-state index in [9.17, 15) is 13.2 Å². The Bertz CT molecular complexity index is 565. The van der Waals surface area contributed by atoms with Crippen LogP contribution >= 0.6 is 0 Å². The summed E-state index contributed by atoms with van der Waals surface area (Å²) in [6.07, 6.45) is 0. The molecule has 0 aliphatic carbocycles. The smallest absolute Gasteiger partial charge is 0.338 e. The van der Waals surface area contributed by atoms with Gasteiger partial charge < -0.3 is 5.11 Å². The summed E-state index contributed by atoms with van der Waals surface area (Å²) in [5, 5.41) is 9.15. The number of carbonyl (C=O) groups is 1. The Morgan fingerprint density at radius 3 is 2.37 bits per heavy atom. The Hall–Kier alpha value is -1.60. The first-order valence-electron chi connectivity index (χ1n) is 5.94. The highest BCUT2D eigenvalue weighted by atomic mass is 32.2. The lowest BCUT2D eigenvalue weighted by Gasteiger charge is -2.20. The van der Waals surface area contributed by atoms with Crippen LogP contribution in [0, 0.1) is 6.92 Å². The van der Waals surface area contributed by atoms with E-state index in [2.05, 4.69) is 4.72 Å². The largest absolute Gasteiger partial charge is 0.478 e. The summed E-state index contributed by atoms with van der Waals surface area (Å²) in [5.74, 6) is -1.16. The molecule has 0 aliphatic rings. The molecule has 0 saturated carbocycles. The predicted octanol–water partition coefficient (Wildman–Crippen LogP) is 1.69. The van der Waals surface area contributed by atoms with Crippen molar-refractivity contribution < 1.29 is 18.3 Å². The van der Waals surface area contributed by atoms with Crippen LogP contribution in [-0.4, -0.2) is 36.9 Å². The van der Waals surface area contributed by atoms with E-state index in [1.165, 1.54) is 10.4 Å². The van der Waals surface area contributed by atoms with E-state index in [4.69, 9.17) is 5.11 Å². The van der Waals surface area contributed by atoms with Gasteiger partial charge in [0.15, 0.2) is 0 Å². The van der Waals surface area contributed by atoms with Gasteiger partial charge in [-0.2, -0.15) is 12.7 Å². The fourth-order valence-electron chi connectivity index (χ4n) is 1.80. The normalized spacial score (nSPS) is 11.6. The number of nitrogens with one attached hydrogen (secondary N) is 1. The van der Waals surface area contributed by atoms with E-state index in [0.29, 0.717) is 18.7 Å². The summed E-state index contributed by atoms with van der Waals surface area (Å²) in [4.78, 5) is 11.2. The Kier molecular flexibility index (Phi) is 4.90. The van der Waals surface area contributed by atoms with Crippen molar-refractivity contribution in [2.45, 2.75) is 20.8 Å². The standard InChI is InChI=1S/C12H18N2O4S/c1-4-14(5-2)19(17,18)13-10-8-6-7-9(3)11(10)12(15)16/h6-8,13H,4-5H2,1-3H3,(H,15,16). The minimum absolute atomic E-state index is 0.0294. The molecule has 6 nitrogen and oxygen atoms in total. The summed E-state index contributed by atoms with van der Waals surface area (Å²) < 4.78 is 27.7. The van der Waals surface area contributed by atoms with Gasteiger partial charge in [-0.3, -0.25) is 4.72 Å². The van der Waals surface area contributed by atoms with Gasteiger partial charge in [0.05, 0.1) is 11.3 Å². The molecule has 0 spiro atoms. The molecular weight excluding hydrogens is 268 g/mol. The first kappa shape index (κ1) is 15.5. The summed E-state index contributed by atoms with van der Waals surface area (Å²) in [6, 6.07) is 4.68. The number of aromatic carboxylic acids is 1. The summed E-state index contributed by atoms with van der Waals surface area (Å²) in [5.41, 5.74) is 0.560. The lowest BCUT2D eigenvalue weighted by Crippen LogP contribution is -2.36. The molecule has 1 aromatic rings. The van der Waals surface area contributed by atoms with Gasteiger partial charge in [0, 0.05) is 13.1 Å². The van der Waals surface area contributed by atoms with Gasteiger partial charge >= 0.3 is 16.2 Å². The zero-order valence-electron chi connectivity index (χ0n) is 11.2. The number of anilines is 1. The van der Waals surface area contributed by atoms with E-state index in [1.807, 2.05) is 0 Å². The second-order valence-electron chi connectivity index (χ2n) is 3.99. The highest BCUT2D eigenvalue weighted by Crippen LogP contribution is 2.21. The van der Waals surface area contributed by atoms with Gasteiger partial charge in [-0.05, 0) is 18.6 Å². The van der Waals surface area contributed by atoms with E-state index < -0.39 is 16.2 Å². The Labute approximate surface area is 113 Å².